The minimum absolute atomic E-state index is 0.0857. The number of amides is 1. The number of carbonyl (C=O) groups is 1. The predicted molar refractivity (Wildman–Crippen MR) is 83.9 cm³/mol. The second kappa shape index (κ2) is 6.58. The SMILES string of the molecule is CC(=O)Nc1ccc(NC(C)c2cccc(C#N)c2)cc1. The molecule has 21 heavy (non-hydrogen) atoms. The Morgan fingerprint density at radius 2 is 1.81 bits per heavy atom. The van der Waals surface area contributed by atoms with Gasteiger partial charge in [-0.25, -0.2) is 0 Å². The van der Waals surface area contributed by atoms with E-state index < -0.39 is 0 Å². The van der Waals surface area contributed by atoms with Gasteiger partial charge in [-0.2, -0.15) is 5.26 Å². The Labute approximate surface area is 124 Å². The third-order valence-corrected chi connectivity index (χ3v) is 3.10. The highest BCUT2D eigenvalue weighted by Crippen LogP contribution is 2.21. The average Bonchev–Trinajstić information content (AvgIpc) is 2.49. The van der Waals surface area contributed by atoms with Crippen molar-refractivity contribution in [3.8, 4) is 6.07 Å². The number of hydrogen-bond donors (Lipinski definition) is 2. The van der Waals surface area contributed by atoms with Crippen molar-refractivity contribution in [2.75, 3.05) is 10.6 Å². The van der Waals surface area contributed by atoms with Crippen molar-refractivity contribution < 1.29 is 4.79 Å². The number of hydrogen-bond acceptors (Lipinski definition) is 3. The molecule has 0 aromatic heterocycles. The topological polar surface area (TPSA) is 64.9 Å². The van der Waals surface area contributed by atoms with Gasteiger partial charge in [0.1, 0.15) is 0 Å². The van der Waals surface area contributed by atoms with E-state index in [0.717, 1.165) is 16.9 Å². The molecule has 0 fully saturated rings. The van der Waals surface area contributed by atoms with E-state index in [0.29, 0.717) is 5.56 Å². The summed E-state index contributed by atoms with van der Waals surface area (Å²) in [5, 5.41) is 15.0. The smallest absolute Gasteiger partial charge is 0.221 e. The zero-order valence-electron chi connectivity index (χ0n) is 12.1. The van der Waals surface area contributed by atoms with Crippen molar-refractivity contribution in [3.63, 3.8) is 0 Å². The maximum absolute atomic E-state index is 11.0. The molecule has 0 spiro atoms. The monoisotopic (exact) mass is 279 g/mol. The molecule has 0 heterocycles. The fourth-order valence-electron chi connectivity index (χ4n) is 2.06. The summed E-state index contributed by atoms with van der Waals surface area (Å²) in [6.07, 6.45) is 0. The standard InChI is InChI=1S/C17H17N3O/c1-12(15-5-3-4-14(10-15)11-18)19-16-6-8-17(9-7-16)20-13(2)21/h3-10,12,19H,1-2H3,(H,20,21). The van der Waals surface area contributed by atoms with E-state index in [1.807, 2.05) is 49.4 Å². The lowest BCUT2D eigenvalue weighted by atomic mass is 10.1. The number of nitrogens with zero attached hydrogens (tertiary/aromatic N) is 1. The highest BCUT2D eigenvalue weighted by atomic mass is 16.1. The molecular weight excluding hydrogens is 262 g/mol. The van der Waals surface area contributed by atoms with Crippen molar-refractivity contribution in [3.05, 3.63) is 59.7 Å². The zero-order chi connectivity index (χ0) is 15.2. The van der Waals surface area contributed by atoms with E-state index >= 15 is 0 Å². The highest BCUT2D eigenvalue weighted by molar-refractivity contribution is 5.88. The molecule has 4 nitrogen and oxygen atoms in total. The third kappa shape index (κ3) is 4.08. The summed E-state index contributed by atoms with van der Waals surface area (Å²) in [6, 6.07) is 17.3. The summed E-state index contributed by atoms with van der Waals surface area (Å²) in [4.78, 5) is 11.0. The maximum atomic E-state index is 11.0. The molecule has 106 valence electrons. The van der Waals surface area contributed by atoms with Crippen LogP contribution in [0.5, 0.6) is 0 Å². The van der Waals surface area contributed by atoms with Gasteiger partial charge in [0.25, 0.3) is 0 Å². The summed E-state index contributed by atoms with van der Waals surface area (Å²) >= 11 is 0. The molecule has 0 aliphatic heterocycles. The van der Waals surface area contributed by atoms with Crippen LogP contribution in [0.25, 0.3) is 0 Å². The van der Waals surface area contributed by atoms with Crippen molar-refractivity contribution in [2.24, 2.45) is 0 Å². The number of benzene rings is 2. The van der Waals surface area contributed by atoms with Gasteiger partial charge < -0.3 is 10.6 Å². The van der Waals surface area contributed by atoms with E-state index in [-0.39, 0.29) is 11.9 Å². The minimum Gasteiger partial charge on any atom is -0.379 e. The Morgan fingerprint density at radius 3 is 2.43 bits per heavy atom. The molecule has 0 saturated carbocycles. The minimum atomic E-state index is -0.0857. The summed E-state index contributed by atoms with van der Waals surface area (Å²) in [7, 11) is 0. The van der Waals surface area contributed by atoms with Crippen molar-refractivity contribution >= 4 is 17.3 Å². The first-order valence-corrected chi connectivity index (χ1v) is 6.73. The van der Waals surface area contributed by atoms with E-state index in [9.17, 15) is 4.79 Å². The first-order valence-electron chi connectivity index (χ1n) is 6.73. The summed E-state index contributed by atoms with van der Waals surface area (Å²) < 4.78 is 0. The average molecular weight is 279 g/mol. The molecule has 1 amide bonds. The molecule has 2 N–H and O–H groups in total. The Bertz CT molecular complexity index is 671. The van der Waals surface area contributed by atoms with Crippen LogP contribution in [0, 0.1) is 11.3 Å². The van der Waals surface area contributed by atoms with Gasteiger partial charge in [-0.05, 0) is 48.9 Å². The molecule has 0 aliphatic carbocycles. The molecule has 0 saturated heterocycles. The second-order valence-electron chi connectivity index (χ2n) is 4.86. The number of rotatable bonds is 4. The van der Waals surface area contributed by atoms with Crippen LogP contribution < -0.4 is 10.6 Å². The maximum Gasteiger partial charge on any atom is 0.221 e. The largest absolute Gasteiger partial charge is 0.379 e. The van der Waals surface area contributed by atoms with Gasteiger partial charge in [0.2, 0.25) is 5.91 Å². The Balaban J connectivity index is 2.06. The molecule has 0 aliphatic rings. The molecular formula is C17H17N3O. The van der Waals surface area contributed by atoms with Crippen LogP contribution in [0.15, 0.2) is 48.5 Å². The van der Waals surface area contributed by atoms with Gasteiger partial charge in [0.05, 0.1) is 11.6 Å². The molecule has 1 atom stereocenters. The van der Waals surface area contributed by atoms with Crippen LogP contribution in [-0.4, -0.2) is 5.91 Å². The van der Waals surface area contributed by atoms with E-state index in [2.05, 4.69) is 16.7 Å². The first-order chi connectivity index (χ1) is 10.1. The van der Waals surface area contributed by atoms with Gasteiger partial charge in [-0.1, -0.05) is 12.1 Å². The van der Waals surface area contributed by atoms with Crippen LogP contribution >= 0.6 is 0 Å². The molecule has 4 heteroatoms. The van der Waals surface area contributed by atoms with Crippen LogP contribution in [0.3, 0.4) is 0 Å². The molecule has 2 aromatic carbocycles. The fraction of sp³-hybridized carbons (Fsp3) is 0.176. The third-order valence-electron chi connectivity index (χ3n) is 3.10. The zero-order valence-corrected chi connectivity index (χ0v) is 12.1. The van der Waals surface area contributed by atoms with Crippen LogP contribution in [-0.2, 0) is 4.79 Å². The van der Waals surface area contributed by atoms with Gasteiger partial charge in [-0.15, -0.1) is 0 Å². The summed E-state index contributed by atoms with van der Waals surface area (Å²) in [5.74, 6) is -0.0857. The Morgan fingerprint density at radius 1 is 1.14 bits per heavy atom. The van der Waals surface area contributed by atoms with Gasteiger partial charge in [0.15, 0.2) is 0 Å². The summed E-state index contributed by atoms with van der Waals surface area (Å²) in [6.45, 7) is 3.52. The molecule has 2 aromatic rings. The van der Waals surface area contributed by atoms with Crippen molar-refractivity contribution in [1.82, 2.24) is 0 Å². The first kappa shape index (κ1) is 14.6. The number of nitriles is 1. The van der Waals surface area contributed by atoms with E-state index in [1.54, 1.807) is 6.07 Å². The number of carbonyl (C=O) groups excluding carboxylic acids is 1. The second-order valence-corrected chi connectivity index (χ2v) is 4.86. The molecule has 2 rings (SSSR count). The predicted octanol–water partition coefficient (Wildman–Crippen LogP) is 3.69. The van der Waals surface area contributed by atoms with Crippen LogP contribution in [0.4, 0.5) is 11.4 Å². The van der Waals surface area contributed by atoms with E-state index in [1.165, 1.54) is 6.92 Å². The van der Waals surface area contributed by atoms with E-state index in [4.69, 9.17) is 5.26 Å². The number of anilines is 2. The molecule has 1 unspecified atom stereocenters. The number of nitrogens with one attached hydrogen (secondary N) is 2. The quantitative estimate of drug-likeness (QED) is 0.897. The highest BCUT2D eigenvalue weighted by Gasteiger charge is 2.06. The fourth-order valence-corrected chi connectivity index (χ4v) is 2.06. The molecule has 0 bridgehead atoms. The van der Waals surface area contributed by atoms with Gasteiger partial charge in [-0.3, -0.25) is 4.79 Å². The van der Waals surface area contributed by atoms with Crippen molar-refractivity contribution in [1.29, 1.82) is 5.26 Å². The van der Waals surface area contributed by atoms with Gasteiger partial charge >= 0.3 is 0 Å². The lowest BCUT2D eigenvalue weighted by Gasteiger charge is -2.16. The molecule has 0 radical (unpaired) electrons. The van der Waals surface area contributed by atoms with Crippen molar-refractivity contribution in [2.45, 2.75) is 19.9 Å². The Hall–Kier alpha value is -2.80. The lowest BCUT2D eigenvalue weighted by Crippen LogP contribution is -2.08. The summed E-state index contributed by atoms with van der Waals surface area (Å²) in [5.41, 5.74) is 3.44. The van der Waals surface area contributed by atoms with Crippen LogP contribution in [0.1, 0.15) is 31.0 Å². The normalized spacial score (nSPS) is 11.3. The van der Waals surface area contributed by atoms with Crippen LogP contribution in [0.2, 0.25) is 0 Å². The van der Waals surface area contributed by atoms with Gasteiger partial charge in [0, 0.05) is 24.3 Å². The lowest BCUT2D eigenvalue weighted by molar-refractivity contribution is -0.114. The Kier molecular flexibility index (Phi) is 4.57.